The van der Waals surface area contributed by atoms with Crippen molar-refractivity contribution in [3.05, 3.63) is 64.7 Å². The number of carbonyl (C=O) groups excluding carboxylic acids is 1. The molecule has 0 aromatic heterocycles. The van der Waals surface area contributed by atoms with E-state index in [2.05, 4.69) is 28.4 Å². The van der Waals surface area contributed by atoms with Crippen molar-refractivity contribution in [1.82, 2.24) is 10.2 Å². The number of likely N-dealkylation sites (tertiary alicyclic amines) is 1. The van der Waals surface area contributed by atoms with E-state index in [4.69, 9.17) is 4.74 Å². The number of rotatable bonds is 7. The standard InChI is InChI=1S/C22H28N2O2/c1-17-13-18(9-10-21(17)26-2)14-22(25)23-15-19-7-3-4-8-20(19)16-24-11-5-6-12-24/h3-4,7-10,13H,5-6,11-12,14-16H2,1-2H3,(H,23,25). The van der Waals surface area contributed by atoms with Crippen LogP contribution in [0.1, 0.15) is 35.1 Å². The second-order valence-electron chi connectivity index (χ2n) is 7.01. The summed E-state index contributed by atoms with van der Waals surface area (Å²) in [6.07, 6.45) is 2.97. The molecule has 4 heteroatoms. The van der Waals surface area contributed by atoms with E-state index in [1.165, 1.54) is 37.1 Å². The van der Waals surface area contributed by atoms with Gasteiger partial charge in [0.25, 0.3) is 0 Å². The first kappa shape index (κ1) is 18.5. The van der Waals surface area contributed by atoms with Crippen LogP contribution in [0.25, 0.3) is 0 Å². The molecule has 4 nitrogen and oxygen atoms in total. The highest BCUT2D eigenvalue weighted by Crippen LogP contribution is 2.19. The number of aryl methyl sites for hydroxylation is 1. The zero-order valence-corrected chi connectivity index (χ0v) is 15.8. The molecule has 1 fully saturated rings. The Labute approximate surface area is 156 Å². The zero-order chi connectivity index (χ0) is 18.4. The predicted octanol–water partition coefficient (Wildman–Crippen LogP) is 3.46. The quantitative estimate of drug-likeness (QED) is 0.830. The van der Waals surface area contributed by atoms with Crippen molar-refractivity contribution >= 4 is 5.91 Å². The third-order valence-corrected chi connectivity index (χ3v) is 5.01. The molecule has 1 aliphatic rings. The number of hydrogen-bond acceptors (Lipinski definition) is 3. The van der Waals surface area contributed by atoms with Crippen molar-refractivity contribution in [2.75, 3.05) is 20.2 Å². The van der Waals surface area contributed by atoms with E-state index < -0.39 is 0 Å². The number of nitrogens with one attached hydrogen (secondary N) is 1. The number of benzene rings is 2. The molecule has 1 N–H and O–H groups in total. The number of nitrogens with zero attached hydrogens (tertiary/aromatic N) is 1. The molecule has 0 saturated carbocycles. The van der Waals surface area contributed by atoms with Crippen molar-refractivity contribution in [3.8, 4) is 5.75 Å². The molecule has 0 spiro atoms. The van der Waals surface area contributed by atoms with Gasteiger partial charge >= 0.3 is 0 Å². The molecule has 0 atom stereocenters. The second-order valence-corrected chi connectivity index (χ2v) is 7.01. The fraction of sp³-hybridized carbons (Fsp3) is 0.409. The van der Waals surface area contributed by atoms with Gasteiger partial charge in [-0.1, -0.05) is 36.4 Å². The lowest BCUT2D eigenvalue weighted by molar-refractivity contribution is -0.120. The van der Waals surface area contributed by atoms with E-state index >= 15 is 0 Å². The van der Waals surface area contributed by atoms with E-state index in [-0.39, 0.29) is 5.91 Å². The normalized spacial score (nSPS) is 14.4. The average molecular weight is 352 g/mol. The van der Waals surface area contributed by atoms with Crippen LogP contribution >= 0.6 is 0 Å². The molecule has 3 rings (SSSR count). The third kappa shape index (κ3) is 4.85. The highest BCUT2D eigenvalue weighted by atomic mass is 16.5. The van der Waals surface area contributed by atoms with Gasteiger partial charge < -0.3 is 10.1 Å². The summed E-state index contributed by atoms with van der Waals surface area (Å²) < 4.78 is 5.27. The lowest BCUT2D eigenvalue weighted by Gasteiger charge is -2.17. The Morgan fingerprint density at radius 3 is 2.54 bits per heavy atom. The molecular formula is C22H28N2O2. The van der Waals surface area contributed by atoms with Crippen molar-refractivity contribution in [3.63, 3.8) is 0 Å². The number of ether oxygens (including phenoxy) is 1. The van der Waals surface area contributed by atoms with Crippen LogP contribution in [0.2, 0.25) is 0 Å². The first-order valence-corrected chi connectivity index (χ1v) is 9.35. The number of amides is 1. The van der Waals surface area contributed by atoms with Crippen LogP contribution in [0.4, 0.5) is 0 Å². The van der Waals surface area contributed by atoms with Gasteiger partial charge in [-0.25, -0.2) is 0 Å². The van der Waals surface area contributed by atoms with E-state index in [0.29, 0.717) is 13.0 Å². The Hall–Kier alpha value is -2.33. The molecule has 138 valence electrons. The minimum atomic E-state index is 0.0468. The van der Waals surface area contributed by atoms with Crippen LogP contribution in [-0.4, -0.2) is 31.0 Å². The van der Waals surface area contributed by atoms with Crippen LogP contribution in [-0.2, 0) is 24.3 Å². The summed E-state index contributed by atoms with van der Waals surface area (Å²) in [5, 5.41) is 3.07. The molecule has 0 unspecified atom stereocenters. The summed E-state index contributed by atoms with van der Waals surface area (Å²) in [6, 6.07) is 14.3. The SMILES string of the molecule is COc1ccc(CC(=O)NCc2ccccc2CN2CCCC2)cc1C. The van der Waals surface area contributed by atoms with Gasteiger partial charge in [0, 0.05) is 13.1 Å². The summed E-state index contributed by atoms with van der Waals surface area (Å²) in [5.74, 6) is 0.899. The van der Waals surface area contributed by atoms with E-state index in [1.54, 1.807) is 7.11 Å². The first-order valence-electron chi connectivity index (χ1n) is 9.35. The van der Waals surface area contributed by atoms with Gasteiger partial charge in [0.05, 0.1) is 13.5 Å². The minimum absolute atomic E-state index is 0.0468. The Morgan fingerprint density at radius 1 is 1.12 bits per heavy atom. The molecule has 2 aromatic rings. The fourth-order valence-electron chi connectivity index (χ4n) is 3.56. The van der Waals surface area contributed by atoms with E-state index in [9.17, 15) is 4.79 Å². The van der Waals surface area contributed by atoms with Gasteiger partial charge in [-0.2, -0.15) is 0 Å². The molecule has 0 aliphatic carbocycles. The number of hydrogen-bond donors (Lipinski definition) is 1. The minimum Gasteiger partial charge on any atom is -0.496 e. The Morgan fingerprint density at radius 2 is 1.85 bits per heavy atom. The van der Waals surface area contributed by atoms with Gasteiger partial charge in [-0.05, 0) is 61.2 Å². The molecule has 1 amide bonds. The molecule has 0 radical (unpaired) electrons. The maximum atomic E-state index is 12.4. The van der Waals surface area contributed by atoms with Crippen LogP contribution in [0.15, 0.2) is 42.5 Å². The van der Waals surface area contributed by atoms with Crippen molar-refractivity contribution in [2.24, 2.45) is 0 Å². The summed E-state index contributed by atoms with van der Waals surface area (Å²) >= 11 is 0. The average Bonchev–Trinajstić information content (AvgIpc) is 3.14. The summed E-state index contributed by atoms with van der Waals surface area (Å²) in [4.78, 5) is 14.8. The lowest BCUT2D eigenvalue weighted by Crippen LogP contribution is -2.26. The Kier molecular flexibility index (Phi) is 6.29. The van der Waals surface area contributed by atoms with Crippen LogP contribution in [0.3, 0.4) is 0 Å². The molecule has 26 heavy (non-hydrogen) atoms. The number of carbonyl (C=O) groups is 1. The topological polar surface area (TPSA) is 41.6 Å². The fourth-order valence-corrected chi connectivity index (χ4v) is 3.56. The second kappa shape index (κ2) is 8.86. The monoisotopic (exact) mass is 352 g/mol. The van der Waals surface area contributed by atoms with Crippen LogP contribution in [0.5, 0.6) is 5.75 Å². The Balaban J connectivity index is 1.56. The Bertz CT molecular complexity index is 752. The van der Waals surface area contributed by atoms with E-state index in [1.807, 2.05) is 31.2 Å². The molecule has 1 saturated heterocycles. The largest absolute Gasteiger partial charge is 0.496 e. The molecule has 0 bridgehead atoms. The van der Waals surface area contributed by atoms with Gasteiger partial charge in [0.2, 0.25) is 5.91 Å². The molecule has 2 aromatic carbocycles. The van der Waals surface area contributed by atoms with Gasteiger partial charge in [0.1, 0.15) is 5.75 Å². The summed E-state index contributed by atoms with van der Waals surface area (Å²) in [6.45, 7) is 5.91. The first-order chi connectivity index (χ1) is 12.7. The van der Waals surface area contributed by atoms with E-state index in [0.717, 1.165) is 23.4 Å². The smallest absolute Gasteiger partial charge is 0.224 e. The molecular weight excluding hydrogens is 324 g/mol. The maximum absolute atomic E-state index is 12.4. The van der Waals surface area contributed by atoms with Crippen LogP contribution in [0, 0.1) is 6.92 Å². The van der Waals surface area contributed by atoms with Crippen molar-refractivity contribution in [2.45, 2.75) is 39.3 Å². The van der Waals surface area contributed by atoms with Crippen molar-refractivity contribution < 1.29 is 9.53 Å². The van der Waals surface area contributed by atoms with Gasteiger partial charge in [-0.3, -0.25) is 9.69 Å². The number of methoxy groups -OCH3 is 1. The maximum Gasteiger partial charge on any atom is 0.224 e. The highest BCUT2D eigenvalue weighted by Gasteiger charge is 2.14. The zero-order valence-electron chi connectivity index (χ0n) is 15.8. The lowest BCUT2D eigenvalue weighted by atomic mass is 10.1. The molecule has 1 aliphatic heterocycles. The van der Waals surface area contributed by atoms with Crippen molar-refractivity contribution in [1.29, 1.82) is 0 Å². The summed E-state index contributed by atoms with van der Waals surface area (Å²) in [5.41, 5.74) is 4.58. The highest BCUT2D eigenvalue weighted by molar-refractivity contribution is 5.78. The van der Waals surface area contributed by atoms with Gasteiger partial charge in [0.15, 0.2) is 0 Å². The summed E-state index contributed by atoms with van der Waals surface area (Å²) in [7, 11) is 1.66. The van der Waals surface area contributed by atoms with Crippen LogP contribution < -0.4 is 10.1 Å². The third-order valence-electron chi connectivity index (χ3n) is 5.01. The van der Waals surface area contributed by atoms with Gasteiger partial charge in [-0.15, -0.1) is 0 Å². The predicted molar refractivity (Wildman–Crippen MR) is 104 cm³/mol. The molecule has 1 heterocycles.